The summed E-state index contributed by atoms with van der Waals surface area (Å²) in [6.07, 6.45) is 8.73. The van der Waals surface area contributed by atoms with Gasteiger partial charge in [-0.3, -0.25) is 19.2 Å². The van der Waals surface area contributed by atoms with Gasteiger partial charge in [0.05, 0.1) is 12.1 Å². The molecule has 0 radical (unpaired) electrons. The van der Waals surface area contributed by atoms with Crippen LogP contribution >= 0.6 is 0 Å². The van der Waals surface area contributed by atoms with Crippen molar-refractivity contribution in [3.05, 3.63) is 72.8 Å². The highest BCUT2D eigenvalue weighted by molar-refractivity contribution is 6.30. The number of rotatable bonds is 10. The molecule has 0 aromatic carbocycles. The Morgan fingerprint density at radius 2 is 1.55 bits per heavy atom. The van der Waals surface area contributed by atoms with Crippen LogP contribution in [0.3, 0.4) is 0 Å². The lowest BCUT2D eigenvalue weighted by Gasteiger charge is -2.02. The summed E-state index contributed by atoms with van der Waals surface area (Å²) in [6.45, 7) is 9.46. The first kappa shape index (κ1) is 30.2. The van der Waals surface area contributed by atoms with Crippen molar-refractivity contribution >= 4 is 47.7 Å². The van der Waals surface area contributed by atoms with E-state index in [1.165, 1.54) is 0 Å². The zero-order chi connectivity index (χ0) is 30.7. The van der Waals surface area contributed by atoms with Crippen molar-refractivity contribution in [2.24, 2.45) is 4.99 Å². The van der Waals surface area contributed by atoms with E-state index in [-0.39, 0.29) is 37.5 Å². The average molecular weight is 573 g/mol. The molecule has 2 aliphatic heterocycles. The van der Waals surface area contributed by atoms with E-state index in [0.29, 0.717) is 46.2 Å². The predicted octanol–water partition coefficient (Wildman–Crippen LogP) is 3.12. The third kappa shape index (κ3) is 6.27. The molecular weight excluding hydrogens is 536 g/mol. The SMILES string of the molecule is C/C=C1/CC(=O)N/C1=C\c1[nH]c(/C=c2/[nH]/c(=C/C3=NC(=O)C(CC)=C3C)c(C)c2CCC(=O)O)c(CCC(=O)O)c1C. The number of nitrogens with zero attached hydrogens (tertiary/aromatic N) is 1. The second kappa shape index (κ2) is 12.4. The molecule has 2 aromatic rings. The Balaban J connectivity index is 1.90. The predicted molar refractivity (Wildman–Crippen MR) is 160 cm³/mol. The minimum absolute atomic E-state index is 0.0692. The largest absolute Gasteiger partial charge is 0.481 e. The van der Waals surface area contributed by atoms with Crippen LogP contribution in [0.4, 0.5) is 0 Å². The van der Waals surface area contributed by atoms with Crippen LogP contribution in [-0.2, 0) is 32.0 Å². The summed E-state index contributed by atoms with van der Waals surface area (Å²) in [5.74, 6) is -2.17. The van der Waals surface area contributed by atoms with Crippen LogP contribution in [0.25, 0.3) is 18.2 Å². The number of nitrogens with one attached hydrogen (secondary N) is 3. The summed E-state index contributed by atoms with van der Waals surface area (Å²) < 4.78 is 0. The molecule has 42 heavy (non-hydrogen) atoms. The lowest BCUT2D eigenvalue weighted by atomic mass is 10.0. The lowest BCUT2D eigenvalue weighted by molar-refractivity contribution is -0.138. The maximum Gasteiger partial charge on any atom is 0.303 e. The number of hydrogen-bond donors (Lipinski definition) is 5. The summed E-state index contributed by atoms with van der Waals surface area (Å²) in [5.41, 5.74) is 8.41. The molecule has 2 aromatic heterocycles. The lowest BCUT2D eigenvalue weighted by Crippen LogP contribution is -2.15. The summed E-state index contributed by atoms with van der Waals surface area (Å²) in [4.78, 5) is 58.3. The number of carbonyl (C=O) groups excluding carboxylic acids is 2. The minimum Gasteiger partial charge on any atom is -0.481 e. The van der Waals surface area contributed by atoms with Gasteiger partial charge in [0.2, 0.25) is 5.91 Å². The van der Waals surface area contributed by atoms with E-state index >= 15 is 0 Å². The number of allylic oxidation sites excluding steroid dienone is 3. The molecule has 0 spiro atoms. The van der Waals surface area contributed by atoms with Crippen molar-refractivity contribution in [3.8, 4) is 0 Å². The smallest absolute Gasteiger partial charge is 0.303 e. The van der Waals surface area contributed by atoms with E-state index in [9.17, 15) is 29.4 Å². The molecule has 4 heterocycles. The maximum atomic E-state index is 12.3. The Morgan fingerprint density at radius 3 is 2.14 bits per heavy atom. The number of aliphatic carboxylic acids is 2. The summed E-state index contributed by atoms with van der Waals surface area (Å²) in [6, 6.07) is 0. The summed E-state index contributed by atoms with van der Waals surface area (Å²) in [5, 5.41) is 23.1. The van der Waals surface area contributed by atoms with Gasteiger partial charge in [-0.25, -0.2) is 4.99 Å². The fraction of sp³-hybridized carbons (Fsp3) is 0.344. The van der Waals surface area contributed by atoms with Gasteiger partial charge in [0.25, 0.3) is 5.91 Å². The van der Waals surface area contributed by atoms with Crippen molar-refractivity contribution < 1.29 is 29.4 Å². The molecule has 0 aliphatic carbocycles. The molecule has 10 heteroatoms. The molecular formula is C32H36N4O6. The van der Waals surface area contributed by atoms with E-state index in [1.54, 1.807) is 0 Å². The molecule has 5 N–H and O–H groups in total. The number of carboxylic acids is 2. The number of aliphatic imine (C=N–C) groups is 1. The molecule has 0 atom stereocenters. The number of carbonyl (C=O) groups is 4. The van der Waals surface area contributed by atoms with E-state index in [2.05, 4.69) is 20.3 Å². The molecule has 0 unspecified atom stereocenters. The van der Waals surface area contributed by atoms with Crippen LogP contribution in [0.15, 0.2) is 33.5 Å². The topological polar surface area (TPSA) is 165 Å². The van der Waals surface area contributed by atoms with Gasteiger partial charge >= 0.3 is 11.9 Å². The van der Waals surface area contributed by atoms with Gasteiger partial charge in [-0.05, 0) is 98.6 Å². The van der Waals surface area contributed by atoms with Gasteiger partial charge in [-0.15, -0.1) is 0 Å². The summed E-state index contributed by atoms with van der Waals surface area (Å²) in [7, 11) is 0. The first-order valence-electron chi connectivity index (χ1n) is 14.0. The Morgan fingerprint density at radius 1 is 0.881 bits per heavy atom. The number of hydrogen-bond acceptors (Lipinski definition) is 4. The Bertz CT molecular complexity index is 1740. The molecule has 0 bridgehead atoms. The van der Waals surface area contributed by atoms with Gasteiger partial charge in [0.15, 0.2) is 0 Å². The van der Waals surface area contributed by atoms with Gasteiger partial charge in [0.1, 0.15) is 0 Å². The zero-order valence-corrected chi connectivity index (χ0v) is 24.5. The van der Waals surface area contributed by atoms with Crippen molar-refractivity contribution in [2.75, 3.05) is 0 Å². The van der Waals surface area contributed by atoms with Crippen LogP contribution in [-0.4, -0.2) is 49.6 Å². The van der Waals surface area contributed by atoms with Crippen LogP contribution in [0.1, 0.15) is 80.1 Å². The summed E-state index contributed by atoms with van der Waals surface area (Å²) >= 11 is 0. The third-order valence-electron chi connectivity index (χ3n) is 7.93. The van der Waals surface area contributed by atoms with Crippen LogP contribution in [0.5, 0.6) is 0 Å². The molecule has 220 valence electrons. The quantitative estimate of drug-likeness (QED) is 0.294. The van der Waals surface area contributed by atoms with Crippen LogP contribution in [0.2, 0.25) is 0 Å². The monoisotopic (exact) mass is 572 g/mol. The minimum atomic E-state index is -0.922. The highest BCUT2D eigenvalue weighted by Crippen LogP contribution is 2.27. The molecule has 10 nitrogen and oxygen atoms in total. The molecule has 4 rings (SSSR count). The van der Waals surface area contributed by atoms with Crippen molar-refractivity contribution in [1.82, 2.24) is 15.3 Å². The number of aromatic amines is 2. The van der Waals surface area contributed by atoms with E-state index in [0.717, 1.165) is 39.1 Å². The molecule has 1 fully saturated rings. The Labute approximate surface area is 243 Å². The first-order chi connectivity index (χ1) is 19.9. The van der Waals surface area contributed by atoms with Gasteiger partial charge in [0, 0.05) is 46.2 Å². The van der Waals surface area contributed by atoms with E-state index < -0.39 is 11.9 Å². The molecule has 2 amide bonds. The number of carboxylic acid groups (broad SMARTS) is 2. The molecule has 2 aliphatic rings. The Hall–Kier alpha value is -4.73. The number of aromatic nitrogens is 2. The third-order valence-corrected chi connectivity index (χ3v) is 7.93. The normalized spacial score (nSPS) is 18.2. The number of H-pyrrole nitrogens is 2. The highest BCUT2D eigenvalue weighted by atomic mass is 16.4. The van der Waals surface area contributed by atoms with Gasteiger partial charge in [-0.2, -0.15) is 0 Å². The standard InChI is InChI=1S/C32H36N4O6/c1-6-19-12-29(37)35-26(19)14-24-18(5)22(9-11-31(40)41)28(34-24)15-27-21(8-10-30(38)39)17(4)23(33-27)13-25-16(3)20(7-2)32(42)36-25/h6,13-15,33-34H,7-12H2,1-5H3,(H,35,37)(H,38,39)(H,40,41)/b19-6-,23-13+,26-14-,27-15+. The second-order valence-electron chi connectivity index (χ2n) is 10.5. The maximum absolute atomic E-state index is 12.3. The van der Waals surface area contributed by atoms with Gasteiger partial charge < -0.3 is 25.5 Å². The van der Waals surface area contributed by atoms with Crippen molar-refractivity contribution in [3.63, 3.8) is 0 Å². The fourth-order valence-corrected chi connectivity index (χ4v) is 5.49. The fourth-order valence-electron chi connectivity index (χ4n) is 5.49. The van der Waals surface area contributed by atoms with E-state index in [4.69, 9.17) is 0 Å². The highest BCUT2D eigenvalue weighted by Gasteiger charge is 2.23. The van der Waals surface area contributed by atoms with Crippen molar-refractivity contribution in [1.29, 1.82) is 0 Å². The number of amides is 2. The van der Waals surface area contributed by atoms with Crippen LogP contribution in [0, 0.1) is 13.8 Å². The van der Waals surface area contributed by atoms with Crippen molar-refractivity contribution in [2.45, 2.75) is 73.1 Å². The molecule has 1 saturated heterocycles. The average Bonchev–Trinajstić information content (AvgIpc) is 3.60. The van der Waals surface area contributed by atoms with Crippen LogP contribution < -0.4 is 16.0 Å². The van der Waals surface area contributed by atoms with E-state index in [1.807, 2.05) is 58.9 Å². The first-order valence-corrected chi connectivity index (χ1v) is 14.0. The Kier molecular flexibility index (Phi) is 8.94. The zero-order valence-electron chi connectivity index (χ0n) is 24.5. The van der Waals surface area contributed by atoms with Gasteiger partial charge in [-0.1, -0.05) is 13.0 Å². The molecule has 0 saturated carbocycles. The second-order valence-corrected chi connectivity index (χ2v) is 10.5.